The van der Waals surface area contributed by atoms with Crippen molar-refractivity contribution in [3.05, 3.63) is 29.8 Å². The van der Waals surface area contributed by atoms with Crippen LogP contribution in [-0.4, -0.2) is 19.1 Å². The molecule has 2 heteroatoms. The summed E-state index contributed by atoms with van der Waals surface area (Å²) in [6.07, 6.45) is 8.28. The number of piperidine rings is 1. The summed E-state index contributed by atoms with van der Waals surface area (Å²) in [6, 6.07) is 10.7. The van der Waals surface area contributed by atoms with Gasteiger partial charge in [0.1, 0.15) is 0 Å². The van der Waals surface area contributed by atoms with Gasteiger partial charge in [-0.3, -0.25) is 0 Å². The molecular formula is C19H30N2. The molecule has 3 rings (SSSR count). The highest BCUT2D eigenvalue weighted by molar-refractivity contribution is 5.50. The predicted octanol–water partition coefficient (Wildman–Crippen LogP) is 4.52. The van der Waals surface area contributed by atoms with E-state index in [9.17, 15) is 0 Å². The zero-order valence-electron chi connectivity index (χ0n) is 13.6. The number of hydrogen-bond acceptors (Lipinski definition) is 2. The van der Waals surface area contributed by atoms with E-state index < -0.39 is 0 Å². The molecule has 1 heterocycles. The molecular weight excluding hydrogens is 256 g/mol. The van der Waals surface area contributed by atoms with Gasteiger partial charge in [-0.25, -0.2) is 0 Å². The minimum Gasteiger partial charge on any atom is -0.368 e. The van der Waals surface area contributed by atoms with Crippen molar-refractivity contribution in [1.82, 2.24) is 5.32 Å². The smallest absolute Gasteiger partial charge is 0.0369 e. The minimum absolute atomic E-state index is 0.504. The van der Waals surface area contributed by atoms with E-state index in [0.717, 1.165) is 24.9 Å². The summed E-state index contributed by atoms with van der Waals surface area (Å²) in [5, 5.41) is 3.57. The summed E-state index contributed by atoms with van der Waals surface area (Å²) >= 11 is 0. The van der Waals surface area contributed by atoms with E-state index >= 15 is 0 Å². The van der Waals surface area contributed by atoms with Crippen LogP contribution in [0, 0.1) is 5.92 Å². The Bertz CT molecular complexity index is 439. The Labute approximate surface area is 129 Å². The van der Waals surface area contributed by atoms with Crippen molar-refractivity contribution >= 4 is 5.69 Å². The maximum Gasteiger partial charge on any atom is 0.0369 e. The molecule has 3 atom stereocenters. The van der Waals surface area contributed by atoms with Gasteiger partial charge in [0, 0.05) is 24.3 Å². The summed E-state index contributed by atoms with van der Waals surface area (Å²) < 4.78 is 0. The molecule has 1 N–H and O–H groups in total. The molecule has 3 unspecified atom stereocenters. The maximum atomic E-state index is 3.57. The van der Waals surface area contributed by atoms with Crippen molar-refractivity contribution in [3.8, 4) is 0 Å². The van der Waals surface area contributed by atoms with Gasteiger partial charge >= 0.3 is 0 Å². The molecule has 0 radical (unpaired) electrons. The highest BCUT2D eigenvalue weighted by Crippen LogP contribution is 2.39. The van der Waals surface area contributed by atoms with Crippen molar-refractivity contribution in [3.63, 3.8) is 0 Å². The number of rotatable bonds is 5. The van der Waals surface area contributed by atoms with E-state index in [1.165, 1.54) is 49.9 Å². The van der Waals surface area contributed by atoms with Crippen LogP contribution in [0.5, 0.6) is 0 Å². The highest BCUT2D eigenvalue weighted by Gasteiger charge is 2.34. The van der Waals surface area contributed by atoms with Crippen molar-refractivity contribution < 1.29 is 0 Å². The Balaban J connectivity index is 1.74. The van der Waals surface area contributed by atoms with Gasteiger partial charge in [0.15, 0.2) is 0 Å². The lowest BCUT2D eigenvalue weighted by Crippen LogP contribution is -2.42. The molecule has 0 spiro atoms. The molecule has 2 fully saturated rings. The molecule has 2 aliphatic rings. The standard InChI is InChI=1S/C19H30N2/c1-3-18(20-4-2)15-10-12-17(13-11-15)21-14-6-8-16-7-5-9-19(16)21/h10-13,16,18-20H,3-9,14H2,1-2H3. The molecule has 1 saturated heterocycles. The fourth-order valence-electron chi connectivity index (χ4n) is 4.42. The van der Waals surface area contributed by atoms with Gasteiger partial charge in [-0.15, -0.1) is 0 Å². The monoisotopic (exact) mass is 286 g/mol. The largest absolute Gasteiger partial charge is 0.368 e. The van der Waals surface area contributed by atoms with E-state index in [1.54, 1.807) is 0 Å². The van der Waals surface area contributed by atoms with Gasteiger partial charge in [0.2, 0.25) is 0 Å². The lowest BCUT2D eigenvalue weighted by Gasteiger charge is -2.39. The van der Waals surface area contributed by atoms with Gasteiger partial charge in [-0.1, -0.05) is 32.4 Å². The molecule has 1 aliphatic carbocycles. The average molecular weight is 286 g/mol. The van der Waals surface area contributed by atoms with Crippen LogP contribution < -0.4 is 10.2 Å². The first-order valence-electron chi connectivity index (χ1n) is 8.93. The third-order valence-corrected chi connectivity index (χ3v) is 5.48. The summed E-state index contributed by atoms with van der Waals surface area (Å²) in [5.41, 5.74) is 2.88. The third-order valence-electron chi connectivity index (χ3n) is 5.48. The number of fused-ring (bicyclic) bond motifs is 1. The normalized spacial score (nSPS) is 26.7. The fourth-order valence-corrected chi connectivity index (χ4v) is 4.42. The molecule has 1 aromatic rings. The molecule has 0 amide bonds. The van der Waals surface area contributed by atoms with Crippen molar-refractivity contribution in [1.29, 1.82) is 0 Å². The van der Waals surface area contributed by atoms with Crippen LogP contribution in [0.15, 0.2) is 24.3 Å². The Hall–Kier alpha value is -1.02. The molecule has 0 aromatic heterocycles. The van der Waals surface area contributed by atoms with Crippen LogP contribution in [0.3, 0.4) is 0 Å². The second-order valence-corrected chi connectivity index (χ2v) is 6.70. The van der Waals surface area contributed by atoms with Crippen LogP contribution in [0.1, 0.15) is 64.0 Å². The van der Waals surface area contributed by atoms with E-state index in [0.29, 0.717) is 6.04 Å². The zero-order chi connectivity index (χ0) is 14.7. The Morgan fingerprint density at radius 3 is 2.57 bits per heavy atom. The molecule has 1 saturated carbocycles. The van der Waals surface area contributed by atoms with Gasteiger partial charge in [-0.05, 0) is 62.3 Å². The average Bonchev–Trinajstić information content (AvgIpc) is 3.01. The van der Waals surface area contributed by atoms with Crippen molar-refractivity contribution in [2.45, 2.75) is 64.5 Å². The van der Waals surface area contributed by atoms with E-state index in [2.05, 4.69) is 48.3 Å². The number of hydrogen-bond donors (Lipinski definition) is 1. The van der Waals surface area contributed by atoms with Gasteiger partial charge in [0.25, 0.3) is 0 Å². The van der Waals surface area contributed by atoms with Crippen molar-refractivity contribution in [2.24, 2.45) is 5.92 Å². The summed E-state index contributed by atoms with van der Waals surface area (Å²) in [7, 11) is 0. The Morgan fingerprint density at radius 1 is 1.10 bits per heavy atom. The number of anilines is 1. The number of nitrogens with zero attached hydrogens (tertiary/aromatic N) is 1. The summed E-state index contributed by atoms with van der Waals surface area (Å²) in [5.74, 6) is 0.962. The zero-order valence-corrected chi connectivity index (χ0v) is 13.6. The molecule has 116 valence electrons. The molecule has 21 heavy (non-hydrogen) atoms. The Kier molecular flexibility index (Phi) is 4.84. The van der Waals surface area contributed by atoms with Gasteiger partial charge in [0.05, 0.1) is 0 Å². The lowest BCUT2D eigenvalue weighted by atomic mass is 9.91. The van der Waals surface area contributed by atoms with Gasteiger partial charge < -0.3 is 10.2 Å². The summed E-state index contributed by atoms with van der Waals surface area (Å²) in [4.78, 5) is 2.69. The first-order chi connectivity index (χ1) is 10.3. The fraction of sp³-hybridized carbons (Fsp3) is 0.684. The maximum absolute atomic E-state index is 3.57. The molecule has 0 bridgehead atoms. The third kappa shape index (κ3) is 3.11. The first-order valence-corrected chi connectivity index (χ1v) is 8.93. The van der Waals surface area contributed by atoms with Crippen LogP contribution >= 0.6 is 0 Å². The predicted molar refractivity (Wildman–Crippen MR) is 90.9 cm³/mol. The summed E-state index contributed by atoms with van der Waals surface area (Å²) in [6.45, 7) is 6.74. The lowest BCUT2D eigenvalue weighted by molar-refractivity contribution is 0.362. The highest BCUT2D eigenvalue weighted by atomic mass is 15.2. The quantitative estimate of drug-likeness (QED) is 0.856. The van der Waals surface area contributed by atoms with E-state index in [1.807, 2.05) is 0 Å². The minimum atomic E-state index is 0.504. The topological polar surface area (TPSA) is 15.3 Å². The first kappa shape index (κ1) is 14.9. The Morgan fingerprint density at radius 2 is 1.86 bits per heavy atom. The van der Waals surface area contributed by atoms with E-state index in [-0.39, 0.29) is 0 Å². The van der Waals surface area contributed by atoms with Crippen molar-refractivity contribution in [2.75, 3.05) is 18.0 Å². The number of benzene rings is 1. The van der Waals surface area contributed by atoms with E-state index in [4.69, 9.17) is 0 Å². The SMILES string of the molecule is CCNC(CC)c1ccc(N2CCCC3CCCC32)cc1. The van der Waals surface area contributed by atoms with Crippen LogP contribution in [0.4, 0.5) is 5.69 Å². The van der Waals surface area contributed by atoms with Crippen LogP contribution in [-0.2, 0) is 0 Å². The second kappa shape index (κ2) is 6.83. The van der Waals surface area contributed by atoms with Crippen LogP contribution in [0.2, 0.25) is 0 Å². The molecule has 1 aliphatic heterocycles. The molecule has 1 aromatic carbocycles. The van der Waals surface area contributed by atoms with Gasteiger partial charge in [-0.2, -0.15) is 0 Å². The number of nitrogens with one attached hydrogen (secondary N) is 1. The molecule has 2 nitrogen and oxygen atoms in total. The van der Waals surface area contributed by atoms with Crippen LogP contribution in [0.25, 0.3) is 0 Å². The second-order valence-electron chi connectivity index (χ2n) is 6.70.